The normalized spacial score (nSPS) is 19.7. The van der Waals surface area contributed by atoms with Gasteiger partial charge in [0.1, 0.15) is 11.9 Å². The summed E-state index contributed by atoms with van der Waals surface area (Å²) >= 11 is 0. The maximum atomic E-state index is 9.59. The van der Waals surface area contributed by atoms with E-state index in [0.29, 0.717) is 17.4 Å². The lowest BCUT2D eigenvalue weighted by Gasteiger charge is -2.18. The first-order valence-corrected chi connectivity index (χ1v) is 10.4. The monoisotopic (exact) mass is 447 g/mol. The molecule has 4 aromatic rings. The maximum Gasteiger partial charge on any atom is 0.147 e. The van der Waals surface area contributed by atoms with Crippen molar-refractivity contribution < 1.29 is 0 Å². The molecule has 0 radical (unpaired) electrons. The van der Waals surface area contributed by atoms with Crippen LogP contribution in [-0.2, 0) is 7.05 Å². The molecule has 32 heavy (non-hydrogen) atoms. The Morgan fingerprint density at radius 1 is 1.00 bits per heavy atom. The molecule has 4 aromatic heterocycles. The predicted molar refractivity (Wildman–Crippen MR) is 122 cm³/mol. The smallest absolute Gasteiger partial charge is 0.147 e. The molecule has 0 bridgehead atoms. The minimum absolute atomic E-state index is 0. The number of aryl methyl sites for hydroxylation is 1. The van der Waals surface area contributed by atoms with Crippen LogP contribution in [0, 0.1) is 23.2 Å². The van der Waals surface area contributed by atoms with Crippen molar-refractivity contribution in [2.45, 2.75) is 0 Å². The summed E-state index contributed by atoms with van der Waals surface area (Å²) < 4.78 is 3.50. The van der Waals surface area contributed by atoms with Gasteiger partial charge in [0.25, 0.3) is 0 Å². The maximum absolute atomic E-state index is 9.59. The average Bonchev–Trinajstić information content (AvgIpc) is 3.56. The lowest BCUT2D eigenvalue weighted by molar-refractivity contribution is 0.533. The highest BCUT2D eigenvalue weighted by Gasteiger charge is 2.36. The second-order valence-electron chi connectivity index (χ2n) is 8.35. The second kappa shape index (κ2) is 7.89. The molecule has 0 aromatic carbocycles. The van der Waals surface area contributed by atoms with Gasteiger partial charge in [-0.15, -0.1) is 12.4 Å². The minimum Gasteiger partial charge on any atom is -0.355 e. The fourth-order valence-corrected chi connectivity index (χ4v) is 4.79. The average molecular weight is 448 g/mol. The third-order valence-corrected chi connectivity index (χ3v) is 6.40. The number of hydrogen-bond acceptors (Lipinski definition) is 7. The fourth-order valence-electron chi connectivity index (χ4n) is 4.79. The van der Waals surface area contributed by atoms with Crippen LogP contribution in [0.2, 0.25) is 0 Å². The van der Waals surface area contributed by atoms with Gasteiger partial charge >= 0.3 is 0 Å². The molecule has 2 aliphatic rings. The van der Waals surface area contributed by atoms with Gasteiger partial charge in [0, 0.05) is 62.3 Å². The van der Waals surface area contributed by atoms with E-state index < -0.39 is 0 Å². The highest BCUT2D eigenvalue weighted by molar-refractivity contribution is 5.86. The Morgan fingerprint density at radius 2 is 1.81 bits per heavy atom. The molecule has 1 N–H and O–H groups in total. The molecular weight excluding hydrogens is 426 g/mol. The SMILES string of the molecule is Cl.Cn1cc(-c2cc(-c3cnc(N4C[C@H]5CNC[C@H]5C4)cn3)c3c(C#N)cnn3c2)cn1. The lowest BCUT2D eigenvalue weighted by atomic mass is 10.0. The molecule has 2 fully saturated rings. The molecule has 2 saturated heterocycles. The highest BCUT2D eigenvalue weighted by Crippen LogP contribution is 2.32. The summed E-state index contributed by atoms with van der Waals surface area (Å²) in [5, 5.41) is 21.7. The number of anilines is 1. The fraction of sp³-hybridized carbons (Fsp3) is 0.318. The second-order valence-corrected chi connectivity index (χ2v) is 8.35. The zero-order valence-electron chi connectivity index (χ0n) is 17.5. The van der Waals surface area contributed by atoms with Gasteiger partial charge in [0.15, 0.2) is 0 Å². The van der Waals surface area contributed by atoms with Crippen molar-refractivity contribution in [2.75, 3.05) is 31.1 Å². The predicted octanol–water partition coefficient (Wildman–Crippen LogP) is 2.14. The molecule has 0 spiro atoms. The molecule has 6 heterocycles. The molecule has 162 valence electrons. The largest absolute Gasteiger partial charge is 0.355 e. The summed E-state index contributed by atoms with van der Waals surface area (Å²) in [6.45, 7) is 4.22. The highest BCUT2D eigenvalue weighted by atomic mass is 35.5. The van der Waals surface area contributed by atoms with Crippen LogP contribution in [0.4, 0.5) is 5.82 Å². The van der Waals surface area contributed by atoms with Crippen molar-refractivity contribution in [3.63, 3.8) is 0 Å². The van der Waals surface area contributed by atoms with Gasteiger partial charge in [-0.05, 0) is 17.9 Å². The third-order valence-electron chi connectivity index (χ3n) is 6.40. The van der Waals surface area contributed by atoms with Crippen LogP contribution in [0.15, 0.2) is 43.2 Å². The van der Waals surface area contributed by atoms with Crippen molar-refractivity contribution in [2.24, 2.45) is 18.9 Å². The Hall–Kier alpha value is -3.48. The number of hydrogen-bond donors (Lipinski definition) is 1. The summed E-state index contributed by atoms with van der Waals surface area (Å²) in [6, 6.07) is 4.27. The number of nitriles is 1. The van der Waals surface area contributed by atoms with Gasteiger partial charge < -0.3 is 10.2 Å². The van der Waals surface area contributed by atoms with E-state index in [0.717, 1.165) is 59.9 Å². The Labute approximate surface area is 191 Å². The molecule has 6 rings (SSSR count). The Balaban J connectivity index is 0.00000216. The van der Waals surface area contributed by atoms with Crippen molar-refractivity contribution in [1.82, 2.24) is 34.7 Å². The molecule has 0 saturated carbocycles. The number of pyridine rings is 1. The van der Waals surface area contributed by atoms with Crippen LogP contribution < -0.4 is 10.2 Å². The molecule has 0 aliphatic carbocycles. The number of nitrogens with zero attached hydrogens (tertiary/aromatic N) is 8. The number of halogens is 1. The van der Waals surface area contributed by atoms with Crippen LogP contribution in [0.3, 0.4) is 0 Å². The summed E-state index contributed by atoms with van der Waals surface area (Å²) in [5.41, 5.74) is 4.72. The standard InChI is InChI=1S/C22H21N9.ClH/c1-29-10-18(7-27-29)14-2-19(22-15(3-23)6-28-31(22)13-14)20-8-26-21(9-25-20)30-11-16-4-24-5-17(16)12-30;/h2,6-10,13,16-17,24H,4-5,11-12H2,1H3;1H/t16-,17+;. The van der Waals surface area contributed by atoms with Gasteiger partial charge in [-0.1, -0.05) is 0 Å². The third kappa shape index (κ3) is 3.28. The zero-order valence-corrected chi connectivity index (χ0v) is 18.3. The minimum atomic E-state index is 0. The van der Waals surface area contributed by atoms with Gasteiger partial charge in [0.2, 0.25) is 0 Å². The van der Waals surface area contributed by atoms with Crippen molar-refractivity contribution in [3.8, 4) is 28.5 Å². The Morgan fingerprint density at radius 3 is 2.47 bits per heavy atom. The van der Waals surface area contributed by atoms with E-state index in [1.165, 1.54) is 0 Å². The number of aromatic nitrogens is 6. The number of rotatable bonds is 3. The van der Waals surface area contributed by atoms with Crippen LogP contribution in [-0.4, -0.2) is 55.5 Å². The summed E-state index contributed by atoms with van der Waals surface area (Å²) in [6.07, 6.45) is 10.9. The van der Waals surface area contributed by atoms with Crippen LogP contribution in [0.1, 0.15) is 5.56 Å². The first kappa shape index (κ1) is 20.4. The van der Waals surface area contributed by atoms with Gasteiger partial charge in [-0.25, -0.2) is 9.50 Å². The molecular formula is C22H22ClN9. The zero-order chi connectivity index (χ0) is 20.9. The van der Waals surface area contributed by atoms with Crippen LogP contribution in [0.25, 0.3) is 27.9 Å². The summed E-state index contributed by atoms with van der Waals surface area (Å²) in [5.74, 6) is 2.30. The molecule has 2 aliphatic heterocycles. The number of fused-ring (bicyclic) bond motifs is 2. The number of nitrogens with one attached hydrogen (secondary N) is 1. The molecule has 0 amide bonds. The van der Waals surface area contributed by atoms with E-state index in [9.17, 15) is 5.26 Å². The Kier molecular flexibility index (Phi) is 5.04. The summed E-state index contributed by atoms with van der Waals surface area (Å²) in [7, 11) is 1.89. The van der Waals surface area contributed by atoms with Gasteiger partial charge in [-0.2, -0.15) is 15.5 Å². The van der Waals surface area contributed by atoms with E-state index in [2.05, 4.69) is 26.5 Å². The topological polar surface area (TPSA) is 100.0 Å². The molecule has 2 atom stereocenters. The first-order valence-electron chi connectivity index (χ1n) is 10.4. The van der Waals surface area contributed by atoms with Crippen LogP contribution in [0.5, 0.6) is 0 Å². The molecule has 10 heteroatoms. The lowest BCUT2D eigenvalue weighted by Crippen LogP contribution is -2.26. The van der Waals surface area contributed by atoms with E-state index in [1.54, 1.807) is 21.6 Å². The van der Waals surface area contributed by atoms with Crippen molar-refractivity contribution >= 4 is 23.7 Å². The van der Waals surface area contributed by atoms with E-state index >= 15 is 0 Å². The van der Waals surface area contributed by atoms with Gasteiger partial charge in [-0.3, -0.25) is 9.67 Å². The first-order chi connectivity index (χ1) is 15.2. The van der Waals surface area contributed by atoms with Gasteiger partial charge in [0.05, 0.1) is 41.6 Å². The summed E-state index contributed by atoms with van der Waals surface area (Å²) in [4.78, 5) is 11.8. The quantitative estimate of drug-likeness (QED) is 0.513. The molecule has 9 nitrogen and oxygen atoms in total. The van der Waals surface area contributed by atoms with Crippen molar-refractivity contribution in [3.05, 3.63) is 48.8 Å². The Bertz CT molecular complexity index is 1310. The molecule has 0 unspecified atom stereocenters. The van der Waals surface area contributed by atoms with E-state index in [1.807, 2.05) is 37.9 Å². The van der Waals surface area contributed by atoms with E-state index in [-0.39, 0.29) is 12.4 Å². The van der Waals surface area contributed by atoms with Crippen molar-refractivity contribution in [1.29, 1.82) is 5.26 Å². The van der Waals surface area contributed by atoms with Crippen LogP contribution >= 0.6 is 12.4 Å². The van der Waals surface area contributed by atoms with E-state index in [4.69, 9.17) is 9.97 Å².